The van der Waals surface area contributed by atoms with Crippen LogP contribution in [0.25, 0.3) is 6.08 Å². The minimum atomic E-state index is -0.907. The molecule has 0 atom stereocenters. The van der Waals surface area contributed by atoms with Crippen molar-refractivity contribution in [1.82, 2.24) is 0 Å². The van der Waals surface area contributed by atoms with E-state index in [0.29, 0.717) is 11.1 Å². The van der Waals surface area contributed by atoms with Gasteiger partial charge in [-0.2, -0.15) is 0 Å². The first kappa shape index (κ1) is 15.6. The summed E-state index contributed by atoms with van der Waals surface area (Å²) in [6.07, 6.45) is 2.49. The highest BCUT2D eigenvalue weighted by Gasteiger charge is 2.14. The van der Waals surface area contributed by atoms with Crippen molar-refractivity contribution in [3.63, 3.8) is 0 Å². The van der Waals surface area contributed by atoms with Crippen LogP contribution in [0.1, 0.15) is 26.3 Å². The maximum Gasteiger partial charge on any atom is 0.337 e. The molecule has 0 radical (unpaired) electrons. The number of ether oxygens (including phenoxy) is 1. The summed E-state index contributed by atoms with van der Waals surface area (Å²) in [5.41, 5.74) is 0.383. The normalized spacial score (nSPS) is 10.7. The van der Waals surface area contributed by atoms with Gasteiger partial charge >= 0.3 is 5.97 Å². The van der Waals surface area contributed by atoms with Crippen molar-refractivity contribution in [1.29, 1.82) is 0 Å². The number of carbonyl (C=O) groups excluding carboxylic acids is 2. The molecule has 2 aromatic carbocycles. The van der Waals surface area contributed by atoms with Crippen molar-refractivity contribution in [3.05, 3.63) is 76.9 Å². The van der Waals surface area contributed by atoms with Gasteiger partial charge in [-0.15, -0.1) is 0 Å². The maximum absolute atomic E-state index is 13.5. The number of halogens is 2. The lowest BCUT2D eigenvalue weighted by molar-refractivity contribution is 0.0600. The second-order valence-corrected chi connectivity index (χ2v) is 4.41. The Labute approximate surface area is 125 Å². The van der Waals surface area contributed by atoms with E-state index in [-0.39, 0.29) is 0 Å². The average molecular weight is 302 g/mol. The lowest BCUT2D eigenvalue weighted by atomic mass is 10.1. The van der Waals surface area contributed by atoms with Gasteiger partial charge in [-0.25, -0.2) is 13.6 Å². The molecule has 0 aliphatic heterocycles. The zero-order chi connectivity index (χ0) is 16.1. The third kappa shape index (κ3) is 3.44. The zero-order valence-electron chi connectivity index (χ0n) is 11.7. The molecular formula is C17H12F2O3. The molecule has 0 N–H and O–H groups in total. The molecule has 0 fully saturated rings. The molecule has 0 amide bonds. The number of ketones is 1. The quantitative estimate of drug-likeness (QED) is 0.492. The van der Waals surface area contributed by atoms with E-state index in [2.05, 4.69) is 4.74 Å². The first-order valence-corrected chi connectivity index (χ1v) is 6.37. The SMILES string of the molecule is COC(=O)c1ccc(/C=C/C(=O)c2c(F)cccc2F)cc1. The van der Waals surface area contributed by atoms with E-state index in [0.717, 1.165) is 18.2 Å². The molecule has 0 aromatic heterocycles. The number of esters is 1. The van der Waals surface area contributed by atoms with Crippen molar-refractivity contribution in [2.45, 2.75) is 0 Å². The Bertz CT molecular complexity index is 714. The molecule has 22 heavy (non-hydrogen) atoms. The lowest BCUT2D eigenvalue weighted by Crippen LogP contribution is -2.02. The van der Waals surface area contributed by atoms with Crippen LogP contribution in [0.15, 0.2) is 48.5 Å². The van der Waals surface area contributed by atoms with Gasteiger partial charge in [0.05, 0.1) is 18.2 Å². The fourth-order valence-corrected chi connectivity index (χ4v) is 1.84. The number of benzene rings is 2. The third-order valence-corrected chi connectivity index (χ3v) is 2.97. The number of rotatable bonds is 4. The van der Waals surface area contributed by atoms with Crippen LogP contribution in [0, 0.1) is 11.6 Å². The summed E-state index contributed by atoms with van der Waals surface area (Å²) in [6, 6.07) is 9.47. The van der Waals surface area contributed by atoms with Gasteiger partial charge in [-0.05, 0) is 35.9 Å². The van der Waals surface area contributed by atoms with Crippen molar-refractivity contribution < 1.29 is 23.1 Å². The fourth-order valence-electron chi connectivity index (χ4n) is 1.84. The summed E-state index contributed by atoms with van der Waals surface area (Å²) in [4.78, 5) is 23.1. The molecule has 3 nitrogen and oxygen atoms in total. The molecule has 0 unspecified atom stereocenters. The van der Waals surface area contributed by atoms with Crippen LogP contribution in [0.2, 0.25) is 0 Å². The molecule has 0 saturated heterocycles. The van der Waals surface area contributed by atoms with Crippen LogP contribution >= 0.6 is 0 Å². The predicted molar refractivity (Wildman–Crippen MR) is 77.5 cm³/mol. The van der Waals surface area contributed by atoms with Crippen LogP contribution in [0.4, 0.5) is 8.78 Å². The van der Waals surface area contributed by atoms with Gasteiger partial charge in [-0.3, -0.25) is 4.79 Å². The van der Waals surface area contributed by atoms with Gasteiger partial charge in [-0.1, -0.05) is 24.3 Å². The molecule has 0 bridgehead atoms. The molecule has 112 valence electrons. The summed E-state index contributed by atoms with van der Waals surface area (Å²) in [7, 11) is 1.28. The predicted octanol–water partition coefficient (Wildman–Crippen LogP) is 3.65. The summed E-state index contributed by atoms with van der Waals surface area (Å²) < 4.78 is 31.5. The number of allylic oxidation sites excluding steroid dienone is 1. The summed E-state index contributed by atoms with van der Waals surface area (Å²) in [6.45, 7) is 0. The molecule has 0 saturated carbocycles. The minimum Gasteiger partial charge on any atom is -0.465 e. The Morgan fingerprint density at radius 3 is 2.14 bits per heavy atom. The fraction of sp³-hybridized carbons (Fsp3) is 0.0588. The Morgan fingerprint density at radius 2 is 1.59 bits per heavy atom. The molecule has 0 spiro atoms. The van der Waals surface area contributed by atoms with E-state index in [1.807, 2.05) is 0 Å². The maximum atomic E-state index is 13.5. The van der Waals surface area contributed by atoms with Gasteiger partial charge < -0.3 is 4.74 Å². The number of hydrogen-bond donors (Lipinski definition) is 0. The van der Waals surface area contributed by atoms with E-state index in [1.165, 1.54) is 31.4 Å². The highest BCUT2D eigenvalue weighted by Crippen LogP contribution is 2.14. The Morgan fingerprint density at radius 1 is 1.00 bits per heavy atom. The van der Waals surface area contributed by atoms with Crippen molar-refractivity contribution in [2.75, 3.05) is 7.11 Å². The summed E-state index contributed by atoms with van der Waals surface area (Å²) >= 11 is 0. The van der Waals surface area contributed by atoms with Crippen LogP contribution in [-0.2, 0) is 4.74 Å². The molecule has 0 aliphatic carbocycles. The van der Waals surface area contributed by atoms with Gasteiger partial charge in [0.25, 0.3) is 0 Å². The summed E-state index contributed by atoms with van der Waals surface area (Å²) in [5.74, 6) is -3.06. The average Bonchev–Trinajstić information content (AvgIpc) is 2.52. The van der Waals surface area contributed by atoms with Gasteiger partial charge in [0.1, 0.15) is 11.6 Å². The monoisotopic (exact) mass is 302 g/mol. The van der Waals surface area contributed by atoms with Gasteiger partial charge in [0, 0.05) is 0 Å². The van der Waals surface area contributed by atoms with Crippen molar-refractivity contribution in [3.8, 4) is 0 Å². The first-order valence-electron chi connectivity index (χ1n) is 6.37. The lowest BCUT2D eigenvalue weighted by Gasteiger charge is -2.01. The molecule has 2 rings (SSSR count). The van der Waals surface area contributed by atoms with E-state index in [9.17, 15) is 18.4 Å². The van der Waals surface area contributed by atoms with Crippen LogP contribution < -0.4 is 0 Å². The minimum absolute atomic E-state index is 0.367. The topological polar surface area (TPSA) is 43.4 Å². The largest absolute Gasteiger partial charge is 0.465 e. The smallest absolute Gasteiger partial charge is 0.337 e. The van der Waals surface area contributed by atoms with Crippen molar-refractivity contribution >= 4 is 17.8 Å². The molecular weight excluding hydrogens is 290 g/mol. The number of hydrogen-bond acceptors (Lipinski definition) is 3. The van der Waals surface area contributed by atoms with Gasteiger partial charge in [0.15, 0.2) is 5.78 Å². The highest BCUT2D eigenvalue weighted by atomic mass is 19.1. The number of methoxy groups -OCH3 is 1. The summed E-state index contributed by atoms with van der Waals surface area (Å²) in [5, 5.41) is 0. The second-order valence-electron chi connectivity index (χ2n) is 4.41. The molecule has 0 heterocycles. The first-order chi connectivity index (χ1) is 10.5. The standard InChI is InChI=1S/C17H12F2O3/c1-22-17(21)12-8-5-11(6-9-12)7-10-15(20)16-13(18)3-2-4-14(16)19/h2-10H,1H3/b10-7+. The second kappa shape index (κ2) is 6.76. The van der Waals surface area contributed by atoms with Crippen LogP contribution in [0.3, 0.4) is 0 Å². The van der Waals surface area contributed by atoms with Crippen LogP contribution in [-0.4, -0.2) is 18.9 Å². The van der Waals surface area contributed by atoms with E-state index in [1.54, 1.807) is 12.1 Å². The molecule has 2 aromatic rings. The Hall–Kier alpha value is -2.82. The Kier molecular flexibility index (Phi) is 4.78. The Balaban J connectivity index is 2.18. The highest BCUT2D eigenvalue weighted by molar-refractivity contribution is 6.07. The molecule has 5 heteroatoms. The zero-order valence-corrected chi connectivity index (χ0v) is 11.7. The van der Waals surface area contributed by atoms with Crippen LogP contribution in [0.5, 0.6) is 0 Å². The van der Waals surface area contributed by atoms with Crippen molar-refractivity contribution in [2.24, 2.45) is 0 Å². The van der Waals surface area contributed by atoms with E-state index in [4.69, 9.17) is 0 Å². The number of carbonyl (C=O) groups is 2. The van der Waals surface area contributed by atoms with E-state index >= 15 is 0 Å². The third-order valence-electron chi connectivity index (χ3n) is 2.97. The van der Waals surface area contributed by atoms with Gasteiger partial charge in [0.2, 0.25) is 0 Å². The van der Waals surface area contributed by atoms with E-state index < -0.39 is 29.0 Å². The molecule has 0 aliphatic rings.